The fourth-order valence-corrected chi connectivity index (χ4v) is 2.06. The molecule has 21 heavy (non-hydrogen) atoms. The minimum atomic E-state index is -0.928. The van der Waals surface area contributed by atoms with Gasteiger partial charge in [-0.05, 0) is 19.1 Å². The molecule has 0 aliphatic carbocycles. The van der Waals surface area contributed by atoms with Gasteiger partial charge >= 0.3 is 5.97 Å². The van der Waals surface area contributed by atoms with E-state index in [1.54, 1.807) is 18.2 Å². The van der Waals surface area contributed by atoms with Crippen molar-refractivity contribution in [1.82, 2.24) is 15.2 Å². The van der Waals surface area contributed by atoms with E-state index in [9.17, 15) is 9.59 Å². The molecule has 7 nitrogen and oxygen atoms in total. The Bertz CT molecular complexity index is 656. The van der Waals surface area contributed by atoms with Crippen molar-refractivity contribution in [1.29, 1.82) is 0 Å². The lowest BCUT2D eigenvalue weighted by atomic mass is 10.2. The molecular weight excluding hydrogens is 294 g/mol. The molecular formula is C13H13N3O4S. The Hall–Kier alpha value is -2.35. The van der Waals surface area contributed by atoms with Crippen LogP contribution in [0.15, 0.2) is 29.4 Å². The number of thioether (sulfide) groups is 1. The number of rotatable bonds is 7. The van der Waals surface area contributed by atoms with Gasteiger partial charge < -0.3 is 14.8 Å². The first kappa shape index (κ1) is 15.0. The number of aliphatic carboxylic acids is 1. The highest BCUT2D eigenvalue weighted by molar-refractivity contribution is 7.99. The molecule has 0 amide bonds. The number of nitrogens with one attached hydrogen (secondary N) is 1. The second kappa shape index (κ2) is 6.89. The molecule has 2 rings (SSSR count). The third-order valence-corrected chi connectivity index (χ3v) is 3.22. The number of carboxylic acids is 1. The second-order valence-electron chi connectivity index (χ2n) is 4.15. The Morgan fingerprint density at radius 3 is 2.81 bits per heavy atom. The SMILES string of the molecule is CC(=O)COc1ccccc1-c1nnc(SCC(=O)O)[nH]1. The average Bonchev–Trinajstić information content (AvgIpc) is 2.92. The van der Waals surface area contributed by atoms with Crippen molar-refractivity contribution in [3.8, 4) is 17.1 Å². The van der Waals surface area contributed by atoms with Crippen molar-refractivity contribution in [3.05, 3.63) is 24.3 Å². The molecule has 0 spiro atoms. The summed E-state index contributed by atoms with van der Waals surface area (Å²) in [6.07, 6.45) is 0. The lowest BCUT2D eigenvalue weighted by Gasteiger charge is -2.07. The summed E-state index contributed by atoms with van der Waals surface area (Å²) in [5, 5.41) is 16.9. The van der Waals surface area contributed by atoms with E-state index in [1.807, 2.05) is 6.07 Å². The Labute approximate surface area is 124 Å². The molecule has 0 radical (unpaired) electrons. The van der Waals surface area contributed by atoms with Crippen molar-refractivity contribution < 1.29 is 19.4 Å². The van der Waals surface area contributed by atoms with Crippen LogP contribution in [0.4, 0.5) is 0 Å². The van der Waals surface area contributed by atoms with Gasteiger partial charge in [0.2, 0.25) is 0 Å². The fourth-order valence-electron chi connectivity index (χ4n) is 1.53. The van der Waals surface area contributed by atoms with Crippen LogP contribution >= 0.6 is 11.8 Å². The summed E-state index contributed by atoms with van der Waals surface area (Å²) in [6, 6.07) is 7.10. The topological polar surface area (TPSA) is 105 Å². The third-order valence-electron chi connectivity index (χ3n) is 2.37. The smallest absolute Gasteiger partial charge is 0.313 e. The van der Waals surface area contributed by atoms with Crippen LogP contribution in [0, 0.1) is 0 Å². The summed E-state index contributed by atoms with van der Waals surface area (Å²) in [4.78, 5) is 24.4. The summed E-state index contributed by atoms with van der Waals surface area (Å²) in [5.74, 6) is -0.138. The Morgan fingerprint density at radius 2 is 2.10 bits per heavy atom. The van der Waals surface area contributed by atoms with Gasteiger partial charge in [0.15, 0.2) is 16.8 Å². The summed E-state index contributed by atoms with van der Waals surface area (Å²) in [7, 11) is 0. The molecule has 0 atom stereocenters. The van der Waals surface area contributed by atoms with E-state index in [0.717, 1.165) is 11.8 Å². The second-order valence-corrected chi connectivity index (χ2v) is 5.11. The lowest BCUT2D eigenvalue weighted by molar-refractivity contribution is -0.133. The van der Waals surface area contributed by atoms with Gasteiger partial charge in [-0.3, -0.25) is 9.59 Å². The van der Waals surface area contributed by atoms with Crippen LogP contribution in [-0.4, -0.2) is 44.4 Å². The van der Waals surface area contributed by atoms with Crippen LogP contribution < -0.4 is 4.74 Å². The molecule has 0 saturated heterocycles. The van der Waals surface area contributed by atoms with Crippen molar-refractivity contribution in [2.45, 2.75) is 12.1 Å². The standard InChI is InChI=1S/C13H13N3O4S/c1-8(17)6-20-10-5-3-2-4-9(10)12-14-13(16-15-12)21-7-11(18)19/h2-5H,6-7H2,1H3,(H,18,19)(H,14,15,16). The summed E-state index contributed by atoms with van der Waals surface area (Å²) >= 11 is 1.04. The zero-order valence-electron chi connectivity index (χ0n) is 11.2. The number of ketones is 1. The quantitative estimate of drug-likeness (QED) is 0.749. The van der Waals surface area contributed by atoms with Crippen LogP contribution in [-0.2, 0) is 9.59 Å². The largest absolute Gasteiger partial charge is 0.485 e. The van der Waals surface area contributed by atoms with Gasteiger partial charge in [-0.1, -0.05) is 23.9 Å². The van der Waals surface area contributed by atoms with E-state index in [2.05, 4.69) is 15.2 Å². The van der Waals surface area contributed by atoms with E-state index in [4.69, 9.17) is 9.84 Å². The lowest BCUT2D eigenvalue weighted by Crippen LogP contribution is -2.07. The van der Waals surface area contributed by atoms with Crippen LogP contribution in [0.2, 0.25) is 0 Å². The van der Waals surface area contributed by atoms with Gasteiger partial charge in [-0.15, -0.1) is 10.2 Å². The molecule has 1 aromatic carbocycles. The van der Waals surface area contributed by atoms with E-state index in [0.29, 0.717) is 22.3 Å². The van der Waals surface area contributed by atoms with E-state index in [1.165, 1.54) is 6.92 Å². The molecule has 8 heteroatoms. The number of nitrogens with zero attached hydrogens (tertiary/aromatic N) is 2. The number of benzene rings is 1. The number of hydrogen-bond acceptors (Lipinski definition) is 6. The number of aromatic amines is 1. The van der Waals surface area contributed by atoms with E-state index < -0.39 is 5.97 Å². The van der Waals surface area contributed by atoms with Crippen LogP contribution in [0.3, 0.4) is 0 Å². The molecule has 0 bridgehead atoms. The molecule has 0 aliphatic rings. The maximum Gasteiger partial charge on any atom is 0.313 e. The molecule has 0 saturated carbocycles. The summed E-state index contributed by atoms with van der Waals surface area (Å²) in [6.45, 7) is 1.42. The molecule has 1 heterocycles. The zero-order valence-corrected chi connectivity index (χ0v) is 12.0. The maximum absolute atomic E-state index is 11.0. The number of H-pyrrole nitrogens is 1. The van der Waals surface area contributed by atoms with Gasteiger partial charge in [0.1, 0.15) is 12.4 Å². The number of carbonyl (C=O) groups is 2. The van der Waals surface area contributed by atoms with Gasteiger partial charge in [0, 0.05) is 0 Å². The van der Waals surface area contributed by atoms with Crippen molar-refractivity contribution in [2.75, 3.05) is 12.4 Å². The number of aromatic nitrogens is 3. The van der Waals surface area contributed by atoms with Crippen molar-refractivity contribution >= 4 is 23.5 Å². The molecule has 110 valence electrons. The summed E-state index contributed by atoms with van der Waals surface area (Å²) in [5.41, 5.74) is 0.661. The third kappa shape index (κ3) is 4.32. The van der Waals surface area contributed by atoms with Gasteiger partial charge in [0.05, 0.1) is 11.3 Å². The highest BCUT2D eigenvalue weighted by Gasteiger charge is 2.12. The predicted octanol–water partition coefficient (Wildman–Crippen LogP) is 1.62. The number of hydrogen-bond donors (Lipinski definition) is 2. The Morgan fingerprint density at radius 1 is 1.33 bits per heavy atom. The molecule has 0 unspecified atom stereocenters. The fraction of sp³-hybridized carbons (Fsp3) is 0.231. The van der Waals surface area contributed by atoms with Gasteiger partial charge in [-0.2, -0.15) is 0 Å². The number of para-hydroxylation sites is 1. The predicted molar refractivity (Wildman–Crippen MR) is 76.4 cm³/mol. The number of Topliss-reactive ketones (excluding diaryl/α,β-unsaturated/α-hetero) is 1. The first-order chi connectivity index (χ1) is 10.1. The van der Waals surface area contributed by atoms with E-state index >= 15 is 0 Å². The minimum absolute atomic E-state index is 0.0221. The number of ether oxygens (including phenoxy) is 1. The highest BCUT2D eigenvalue weighted by atomic mass is 32.2. The average molecular weight is 307 g/mol. The van der Waals surface area contributed by atoms with E-state index in [-0.39, 0.29) is 18.1 Å². The van der Waals surface area contributed by atoms with Crippen LogP contribution in [0.5, 0.6) is 5.75 Å². The summed E-state index contributed by atoms with van der Waals surface area (Å²) < 4.78 is 5.42. The molecule has 2 aromatic rings. The molecule has 1 aromatic heterocycles. The maximum atomic E-state index is 11.0. The normalized spacial score (nSPS) is 10.3. The minimum Gasteiger partial charge on any atom is -0.485 e. The molecule has 2 N–H and O–H groups in total. The van der Waals surface area contributed by atoms with Crippen molar-refractivity contribution in [2.24, 2.45) is 0 Å². The molecule has 0 aliphatic heterocycles. The number of carbonyl (C=O) groups excluding carboxylic acids is 1. The first-order valence-electron chi connectivity index (χ1n) is 6.05. The number of carboxylic acid groups (broad SMARTS) is 1. The monoisotopic (exact) mass is 307 g/mol. The molecule has 0 fully saturated rings. The van der Waals surface area contributed by atoms with Gasteiger partial charge in [-0.25, -0.2) is 0 Å². The van der Waals surface area contributed by atoms with Crippen molar-refractivity contribution in [3.63, 3.8) is 0 Å². The highest BCUT2D eigenvalue weighted by Crippen LogP contribution is 2.28. The zero-order chi connectivity index (χ0) is 15.2. The Kier molecular flexibility index (Phi) is 4.94. The first-order valence-corrected chi connectivity index (χ1v) is 7.03. The van der Waals surface area contributed by atoms with Crippen LogP contribution in [0.1, 0.15) is 6.92 Å². The van der Waals surface area contributed by atoms with Crippen LogP contribution in [0.25, 0.3) is 11.4 Å². The van der Waals surface area contributed by atoms with Gasteiger partial charge in [0.25, 0.3) is 0 Å². The Balaban J connectivity index is 2.17.